The third kappa shape index (κ3) is 4.68. The highest BCUT2D eigenvalue weighted by molar-refractivity contribution is 5.94. The van der Waals surface area contributed by atoms with Crippen LogP contribution in [0.25, 0.3) is 5.69 Å². The first kappa shape index (κ1) is 17.2. The summed E-state index contributed by atoms with van der Waals surface area (Å²) < 4.78 is 1.74. The van der Waals surface area contributed by atoms with Gasteiger partial charge in [0.05, 0.1) is 11.9 Å². The number of amides is 2. The zero-order valence-electron chi connectivity index (χ0n) is 14.9. The summed E-state index contributed by atoms with van der Waals surface area (Å²) in [5.41, 5.74) is 2.16. The Morgan fingerprint density at radius 1 is 1.20 bits per heavy atom. The molecule has 1 aliphatic rings. The summed E-state index contributed by atoms with van der Waals surface area (Å²) in [6, 6.07) is 7.29. The average molecular weight is 340 g/mol. The molecule has 2 aromatic rings. The van der Waals surface area contributed by atoms with E-state index in [2.05, 4.69) is 15.7 Å². The molecule has 2 N–H and O–H groups in total. The molecule has 1 aliphatic carbocycles. The predicted octanol–water partition coefficient (Wildman–Crippen LogP) is 2.43. The lowest BCUT2D eigenvalue weighted by Gasteiger charge is -2.20. The normalized spacial score (nSPS) is 14.2. The molecule has 1 aromatic carbocycles. The molecule has 0 radical (unpaired) electrons. The topological polar surface area (TPSA) is 76.0 Å². The van der Waals surface area contributed by atoms with E-state index in [9.17, 15) is 9.59 Å². The van der Waals surface area contributed by atoms with Crippen molar-refractivity contribution in [3.05, 3.63) is 47.8 Å². The predicted molar refractivity (Wildman–Crippen MR) is 95.4 cm³/mol. The third-order valence-corrected chi connectivity index (χ3v) is 3.93. The van der Waals surface area contributed by atoms with E-state index >= 15 is 0 Å². The number of carbonyl (C=O) groups is 2. The zero-order chi connectivity index (χ0) is 18.0. The molecule has 1 saturated carbocycles. The van der Waals surface area contributed by atoms with Crippen molar-refractivity contribution in [2.75, 3.05) is 0 Å². The van der Waals surface area contributed by atoms with Crippen LogP contribution in [0.2, 0.25) is 0 Å². The highest BCUT2D eigenvalue weighted by Crippen LogP contribution is 2.28. The van der Waals surface area contributed by atoms with Gasteiger partial charge in [0.1, 0.15) is 0 Å². The van der Waals surface area contributed by atoms with Crippen molar-refractivity contribution < 1.29 is 9.59 Å². The van der Waals surface area contributed by atoms with Crippen LogP contribution in [-0.4, -0.2) is 27.1 Å². The molecule has 0 unspecified atom stereocenters. The van der Waals surface area contributed by atoms with Gasteiger partial charge >= 0.3 is 0 Å². The van der Waals surface area contributed by atoms with Gasteiger partial charge in [0.15, 0.2) is 0 Å². The van der Waals surface area contributed by atoms with Gasteiger partial charge in [-0.1, -0.05) is 0 Å². The number of aromatic nitrogens is 2. The molecule has 25 heavy (non-hydrogen) atoms. The molecule has 1 fully saturated rings. The summed E-state index contributed by atoms with van der Waals surface area (Å²) in [7, 11) is 0. The van der Waals surface area contributed by atoms with Crippen molar-refractivity contribution in [2.24, 2.45) is 5.92 Å². The standard InChI is InChI=1S/C19H24N4O2/c1-19(2,3)22-18(25)15-6-8-16(9-7-15)23-12-13(11-21-23)10-20-17(24)14-4-5-14/h6-9,11-12,14H,4-5,10H2,1-3H3,(H,20,24)(H,22,25). The Labute approximate surface area is 147 Å². The molecular formula is C19H24N4O2. The van der Waals surface area contributed by atoms with Crippen molar-refractivity contribution in [3.63, 3.8) is 0 Å². The molecule has 0 aliphatic heterocycles. The maximum atomic E-state index is 12.1. The van der Waals surface area contributed by atoms with Gasteiger partial charge < -0.3 is 10.6 Å². The molecule has 3 rings (SSSR count). The van der Waals surface area contributed by atoms with Gasteiger partial charge in [0.25, 0.3) is 5.91 Å². The summed E-state index contributed by atoms with van der Waals surface area (Å²) in [5.74, 6) is 0.242. The van der Waals surface area contributed by atoms with Crippen molar-refractivity contribution in [1.29, 1.82) is 0 Å². The van der Waals surface area contributed by atoms with Crippen LogP contribution in [0.3, 0.4) is 0 Å². The lowest BCUT2D eigenvalue weighted by atomic mass is 10.1. The van der Waals surface area contributed by atoms with Crippen LogP contribution in [0, 0.1) is 5.92 Å². The summed E-state index contributed by atoms with van der Waals surface area (Å²) in [6.45, 7) is 6.34. The quantitative estimate of drug-likeness (QED) is 0.878. The van der Waals surface area contributed by atoms with E-state index < -0.39 is 0 Å². The smallest absolute Gasteiger partial charge is 0.251 e. The minimum Gasteiger partial charge on any atom is -0.352 e. The number of nitrogens with zero attached hydrogens (tertiary/aromatic N) is 2. The fraction of sp³-hybridized carbons (Fsp3) is 0.421. The van der Waals surface area contributed by atoms with E-state index in [0.29, 0.717) is 12.1 Å². The van der Waals surface area contributed by atoms with Gasteiger partial charge in [0.2, 0.25) is 5.91 Å². The van der Waals surface area contributed by atoms with E-state index in [0.717, 1.165) is 24.1 Å². The number of benzene rings is 1. The van der Waals surface area contributed by atoms with Crippen molar-refractivity contribution in [2.45, 2.75) is 45.7 Å². The van der Waals surface area contributed by atoms with Gasteiger partial charge in [-0.3, -0.25) is 9.59 Å². The summed E-state index contributed by atoms with van der Waals surface area (Å²) in [6.07, 6.45) is 5.63. The minimum absolute atomic E-state index is 0.0945. The van der Waals surface area contributed by atoms with Crippen LogP contribution in [0.5, 0.6) is 0 Å². The largest absolute Gasteiger partial charge is 0.352 e. The second kappa shape index (κ2) is 6.70. The van der Waals surface area contributed by atoms with Crippen LogP contribution < -0.4 is 10.6 Å². The number of hydrogen-bond acceptors (Lipinski definition) is 3. The van der Waals surface area contributed by atoms with Gasteiger partial charge in [-0.05, 0) is 57.9 Å². The molecule has 1 heterocycles. The van der Waals surface area contributed by atoms with Gasteiger partial charge in [-0.2, -0.15) is 5.10 Å². The van der Waals surface area contributed by atoms with Crippen LogP contribution in [0.15, 0.2) is 36.7 Å². The van der Waals surface area contributed by atoms with E-state index in [-0.39, 0.29) is 23.3 Å². The molecule has 2 amide bonds. The maximum absolute atomic E-state index is 12.1. The minimum atomic E-state index is -0.266. The van der Waals surface area contributed by atoms with Crippen molar-refractivity contribution in [3.8, 4) is 5.69 Å². The molecular weight excluding hydrogens is 316 g/mol. The Balaban J connectivity index is 1.62. The van der Waals surface area contributed by atoms with Gasteiger partial charge in [0, 0.05) is 35.3 Å². The maximum Gasteiger partial charge on any atom is 0.251 e. The Hall–Kier alpha value is -2.63. The molecule has 6 nitrogen and oxygen atoms in total. The molecule has 0 spiro atoms. The summed E-state index contributed by atoms with van der Waals surface area (Å²) in [5, 5.41) is 10.2. The second-order valence-corrected chi connectivity index (χ2v) is 7.54. The summed E-state index contributed by atoms with van der Waals surface area (Å²) in [4.78, 5) is 23.8. The fourth-order valence-electron chi connectivity index (χ4n) is 2.45. The Bertz CT molecular complexity index is 767. The first-order valence-electron chi connectivity index (χ1n) is 8.56. The highest BCUT2D eigenvalue weighted by Gasteiger charge is 2.29. The Kier molecular flexibility index (Phi) is 4.61. The molecule has 6 heteroatoms. The van der Waals surface area contributed by atoms with Crippen molar-refractivity contribution >= 4 is 11.8 Å². The number of hydrogen-bond donors (Lipinski definition) is 2. The second-order valence-electron chi connectivity index (χ2n) is 7.54. The van der Waals surface area contributed by atoms with Gasteiger partial charge in [-0.15, -0.1) is 0 Å². The van der Waals surface area contributed by atoms with Crippen LogP contribution in [-0.2, 0) is 11.3 Å². The Morgan fingerprint density at radius 2 is 1.88 bits per heavy atom. The van der Waals surface area contributed by atoms with E-state index in [1.54, 1.807) is 23.0 Å². The first-order valence-corrected chi connectivity index (χ1v) is 8.56. The average Bonchev–Trinajstić information content (AvgIpc) is 3.30. The molecule has 0 bridgehead atoms. The van der Waals surface area contributed by atoms with Crippen LogP contribution >= 0.6 is 0 Å². The lowest BCUT2D eigenvalue weighted by Crippen LogP contribution is -2.40. The number of rotatable bonds is 5. The molecule has 132 valence electrons. The van der Waals surface area contributed by atoms with Crippen LogP contribution in [0.4, 0.5) is 0 Å². The highest BCUT2D eigenvalue weighted by atomic mass is 16.2. The Morgan fingerprint density at radius 3 is 2.48 bits per heavy atom. The lowest BCUT2D eigenvalue weighted by molar-refractivity contribution is -0.122. The fourth-order valence-corrected chi connectivity index (χ4v) is 2.45. The van der Waals surface area contributed by atoms with E-state index in [1.165, 1.54) is 0 Å². The third-order valence-electron chi connectivity index (χ3n) is 3.93. The van der Waals surface area contributed by atoms with E-state index in [4.69, 9.17) is 0 Å². The first-order chi connectivity index (χ1) is 11.8. The zero-order valence-corrected chi connectivity index (χ0v) is 14.9. The molecule has 1 aromatic heterocycles. The summed E-state index contributed by atoms with van der Waals surface area (Å²) >= 11 is 0. The molecule has 0 atom stereocenters. The van der Waals surface area contributed by atoms with Gasteiger partial charge in [-0.25, -0.2) is 4.68 Å². The SMILES string of the molecule is CC(C)(C)NC(=O)c1ccc(-n2cc(CNC(=O)C3CC3)cn2)cc1. The molecule has 0 saturated heterocycles. The number of carbonyl (C=O) groups excluding carboxylic acids is 2. The number of nitrogens with one attached hydrogen (secondary N) is 2. The van der Waals surface area contributed by atoms with Crippen LogP contribution in [0.1, 0.15) is 49.5 Å². The van der Waals surface area contributed by atoms with E-state index in [1.807, 2.05) is 39.1 Å². The monoisotopic (exact) mass is 340 g/mol. The van der Waals surface area contributed by atoms with Crippen molar-refractivity contribution in [1.82, 2.24) is 20.4 Å².